The van der Waals surface area contributed by atoms with E-state index in [2.05, 4.69) is 14.6 Å². The number of carbonyl (C=O) groups excluding carboxylic acids is 5. The minimum absolute atomic E-state index is 0.0301. The first-order valence-corrected chi connectivity index (χ1v) is 11.8. The molecule has 0 aliphatic carbocycles. The van der Waals surface area contributed by atoms with Gasteiger partial charge in [-0.1, -0.05) is 17.7 Å². The number of amides is 4. The Kier molecular flexibility index (Phi) is 11.6. The van der Waals surface area contributed by atoms with Crippen LogP contribution in [-0.4, -0.2) is 87.5 Å². The van der Waals surface area contributed by atoms with Gasteiger partial charge in [-0.3, -0.25) is 29.4 Å². The predicted octanol–water partition coefficient (Wildman–Crippen LogP) is -0.700. The maximum atomic E-state index is 11.6. The Balaban J connectivity index is 0.000000292. The first kappa shape index (κ1) is 30.4. The number of rotatable bonds is 6. The summed E-state index contributed by atoms with van der Waals surface area (Å²) < 4.78 is 23.2. The van der Waals surface area contributed by atoms with E-state index in [1.165, 1.54) is 12.1 Å². The molecule has 16 nitrogen and oxygen atoms in total. The van der Waals surface area contributed by atoms with Crippen molar-refractivity contribution in [1.82, 2.24) is 10.1 Å². The zero-order valence-electron chi connectivity index (χ0n) is 19.2. The number of sulfone groups is 1. The number of carbonyl (C=O) groups is 6. The second-order valence-corrected chi connectivity index (χ2v) is 9.00. The monoisotopic (exact) mass is 539 g/mol. The van der Waals surface area contributed by atoms with Crippen molar-refractivity contribution < 1.29 is 57.1 Å². The lowest BCUT2D eigenvalue weighted by Crippen LogP contribution is -2.32. The van der Waals surface area contributed by atoms with Crippen LogP contribution in [0.25, 0.3) is 5.53 Å². The number of hydrogen-bond donors (Lipinski definition) is 2. The number of aryl methyl sites for hydroxylation is 1. The van der Waals surface area contributed by atoms with E-state index in [0.717, 1.165) is 5.56 Å². The molecule has 0 saturated carbocycles. The van der Waals surface area contributed by atoms with Crippen molar-refractivity contribution in [3.05, 3.63) is 35.4 Å². The molecule has 2 N–H and O–H groups in total. The van der Waals surface area contributed by atoms with E-state index >= 15 is 0 Å². The van der Waals surface area contributed by atoms with Crippen LogP contribution >= 0.6 is 0 Å². The fourth-order valence-electron chi connectivity index (χ4n) is 2.42. The molecule has 0 spiro atoms. The van der Waals surface area contributed by atoms with E-state index in [-0.39, 0.29) is 35.6 Å². The summed E-state index contributed by atoms with van der Waals surface area (Å²) in [5.41, 5.74) is 8.87. The van der Waals surface area contributed by atoms with Crippen LogP contribution in [0, 0.1) is 6.92 Å². The molecule has 2 fully saturated rings. The third kappa shape index (κ3) is 10.3. The largest absolute Gasteiger partial charge is 0.477 e. The van der Waals surface area contributed by atoms with E-state index < -0.39 is 51.3 Å². The number of benzene rings is 1. The molecule has 2 heterocycles. The average molecular weight is 539 g/mol. The minimum atomic E-state index is -3.53. The average Bonchev–Trinajstić information content (AvgIpc) is 3.30. The van der Waals surface area contributed by atoms with Crippen molar-refractivity contribution in [1.29, 1.82) is 0 Å². The molecule has 2 aliphatic rings. The van der Waals surface area contributed by atoms with Crippen molar-refractivity contribution in [2.75, 3.05) is 5.88 Å². The minimum Gasteiger partial charge on any atom is -0.477 e. The zero-order valence-corrected chi connectivity index (χ0v) is 20.0. The smallest absolute Gasteiger partial charge is 0.438 e. The van der Waals surface area contributed by atoms with Gasteiger partial charge in [0.2, 0.25) is 0 Å². The SMILES string of the molecule is Cc1ccc(S(=O)(=O)CN=CC(=O)O)cc1.O=C1CCC(=O)N1O.[N-]=[N+]=CC(=O)ON1C(=O)CCC1=O. The summed E-state index contributed by atoms with van der Waals surface area (Å²) in [4.78, 5) is 73.0. The van der Waals surface area contributed by atoms with Crippen molar-refractivity contribution in [3.8, 4) is 0 Å². The van der Waals surface area contributed by atoms with Gasteiger partial charge in [0.05, 0.1) is 4.90 Å². The lowest BCUT2D eigenvalue weighted by Gasteiger charge is -2.08. The molecule has 1 aromatic rings. The highest BCUT2D eigenvalue weighted by Crippen LogP contribution is 2.12. The molecule has 198 valence electrons. The summed E-state index contributed by atoms with van der Waals surface area (Å²) >= 11 is 0. The highest BCUT2D eigenvalue weighted by atomic mass is 32.2. The third-order valence-electron chi connectivity index (χ3n) is 4.20. The Morgan fingerprint density at radius 3 is 1.92 bits per heavy atom. The highest BCUT2D eigenvalue weighted by molar-refractivity contribution is 7.91. The Morgan fingerprint density at radius 2 is 1.51 bits per heavy atom. The van der Waals surface area contributed by atoms with Crippen LogP contribution in [0.15, 0.2) is 34.2 Å². The molecule has 17 heteroatoms. The molecule has 2 aliphatic heterocycles. The Hall–Kier alpha value is -4.60. The van der Waals surface area contributed by atoms with E-state index in [0.29, 0.717) is 17.5 Å². The second-order valence-electron chi connectivity index (χ2n) is 7.04. The number of aliphatic imine (C=N–C) groups is 1. The summed E-state index contributed by atoms with van der Waals surface area (Å²) in [6, 6.07) is 6.30. The predicted molar refractivity (Wildman–Crippen MR) is 119 cm³/mol. The van der Waals surface area contributed by atoms with Crippen LogP contribution in [0.2, 0.25) is 0 Å². The van der Waals surface area contributed by atoms with Crippen LogP contribution in [0.1, 0.15) is 31.2 Å². The lowest BCUT2D eigenvalue weighted by molar-refractivity contribution is -0.193. The van der Waals surface area contributed by atoms with Crippen LogP contribution in [0.4, 0.5) is 0 Å². The standard InChI is InChI=1S/C10H11NO4S.C6H5N3O4.C4H5NO3/c1-8-2-4-9(5-3-8)16(14,15)7-11-6-10(12)13;7-8-3-6(12)13-9-4(10)1-2-5(9)11;6-3-1-2-4(7)5(3)8/h2-6H,7H2,1H3,(H,12,13);3H,1-2H2;8H,1-2H2. The van der Waals surface area contributed by atoms with Crippen molar-refractivity contribution >= 4 is 57.8 Å². The molecule has 0 aromatic heterocycles. The fraction of sp³-hybridized carbons (Fsp3) is 0.300. The molecule has 2 saturated heterocycles. The summed E-state index contributed by atoms with van der Waals surface area (Å²) in [5.74, 6) is -5.06. The Bertz CT molecular complexity index is 1220. The summed E-state index contributed by atoms with van der Waals surface area (Å²) in [6.45, 7) is 1.85. The molecular weight excluding hydrogens is 518 g/mol. The van der Waals surface area contributed by atoms with Gasteiger partial charge in [0.25, 0.3) is 23.6 Å². The van der Waals surface area contributed by atoms with E-state index in [9.17, 15) is 37.2 Å². The Labute approximate surface area is 209 Å². The molecule has 4 amide bonds. The van der Waals surface area contributed by atoms with Gasteiger partial charge >= 0.3 is 18.2 Å². The number of imide groups is 2. The van der Waals surface area contributed by atoms with Crippen molar-refractivity contribution in [3.63, 3.8) is 0 Å². The van der Waals surface area contributed by atoms with Gasteiger partial charge < -0.3 is 15.5 Å². The van der Waals surface area contributed by atoms with Crippen LogP contribution in [-0.2, 0) is 43.4 Å². The quantitative estimate of drug-likeness (QED) is 0.150. The van der Waals surface area contributed by atoms with Crippen molar-refractivity contribution in [2.24, 2.45) is 4.99 Å². The third-order valence-corrected chi connectivity index (χ3v) is 5.68. The number of nitrogens with zero attached hydrogens (tertiary/aromatic N) is 5. The van der Waals surface area contributed by atoms with E-state index in [1.54, 1.807) is 12.1 Å². The van der Waals surface area contributed by atoms with Gasteiger partial charge in [-0.05, 0) is 19.1 Å². The van der Waals surface area contributed by atoms with Gasteiger partial charge in [0.15, 0.2) is 9.84 Å². The van der Waals surface area contributed by atoms with E-state index in [1.807, 2.05) is 6.92 Å². The molecule has 0 atom stereocenters. The number of hydroxylamine groups is 4. The summed E-state index contributed by atoms with van der Waals surface area (Å²) in [6.07, 6.45) is 1.38. The molecule has 0 unspecified atom stereocenters. The topological polar surface area (TPSA) is 241 Å². The second kappa shape index (κ2) is 14.1. The van der Waals surface area contributed by atoms with E-state index in [4.69, 9.17) is 15.8 Å². The van der Waals surface area contributed by atoms with Gasteiger partial charge in [-0.25, -0.2) is 18.0 Å². The van der Waals surface area contributed by atoms with Gasteiger partial charge in [0, 0.05) is 25.7 Å². The van der Waals surface area contributed by atoms with Crippen LogP contribution in [0.3, 0.4) is 0 Å². The first-order chi connectivity index (χ1) is 17.3. The number of carboxylic acid groups (broad SMARTS) is 1. The summed E-state index contributed by atoms with van der Waals surface area (Å²) in [7, 11) is -3.53. The zero-order chi connectivity index (χ0) is 28.2. The first-order valence-electron chi connectivity index (χ1n) is 10.1. The van der Waals surface area contributed by atoms with Crippen molar-refractivity contribution in [2.45, 2.75) is 37.5 Å². The lowest BCUT2D eigenvalue weighted by atomic mass is 10.2. The van der Waals surface area contributed by atoms with Crippen LogP contribution in [0.5, 0.6) is 0 Å². The number of hydrogen-bond acceptors (Lipinski definition) is 11. The molecule has 3 rings (SSSR count). The fourth-order valence-corrected chi connectivity index (χ4v) is 3.39. The number of aliphatic carboxylic acids is 1. The Morgan fingerprint density at radius 1 is 1.03 bits per heavy atom. The van der Waals surface area contributed by atoms with Gasteiger partial charge in [-0.15, -0.1) is 5.06 Å². The van der Waals surface area contributed by atoms with Gasteiger partial charge in [0.1, 0.15) is 12.1 Å². The maximum Gasteiger partial charge on any atom is 0.438 e. The van der Waals surface area contributed by atoms with Crippen LogP contribution < -0.4 is 0 Å². The highest BCUT2D eigenvalue weighted by Gasteiger charge is 2.33. The maximum absolute atomic E-state index is 11.6. The van der Waals surface area contributed by atoms with Gasteiger partial charge in [-0.2, -0.15) is 9.85 Å². The molecular formula is C20H21N5O11S. The normalized spacial score (nSPS) is 15.0. The molecule has 0 radical (unpaired) electrons. The summed E-state index contributed by atoms with van der Waals surface area (Å²) in [5, 5.41) is 17.2. The molecule has 1 aromatic carbocycles. The molecule has 37 heavy (non-hydrogen) atoms. The molecule has 0 bridgehead atoms. The number of carboxylic acids is 1.